The second-order valence-corrected chi connectivity index (χ2v) is 6.93. The molecule has 3 atom stereocenters. The van der Waals surface area contributed by atoms with Crippen molar-refractivity contribution in [3.05, 3.63) is 24.0 Å². The first kappa shape index (κ1) is 17.6. The van der Waals surface area contributed by atoms with Gasteiger partial charge in [-0.15, -0.1) is 0 Å². The highest BCUT2D eigenvalue weighted by Crippen LogP contribution is 2.35. The lowest BCUT2D eigenvalue weighted by atomic mass is 9.75. The number of hydrogen-bond acceptors (Lipinski definition) is 4. The Balaban J connectivity index is 1.85. The van der Waals surface area contributed by atoms with Gasteiger partial charge < -0.3 is 14.0 Å². The molecular weight excluding hydrogens is 294 g/mol. The zero-order valence-electron chi connectivity index (χ0n) is 14.5. The zero-order valence-corrected chi connectivity index (χ0v) is 14.5. The Morgan fingerprint density at radius 1 is 1.35 bits per heavy atom. The Kier molecular flexibility index (Phi) is 5.85. The minimum atomic E-state index is -0.508. The second-order valence-electron chi connectivity index (χ2n) is 6.93. The second kappa shape index (κ2) is 7.66. The number of carbonyl (C=O) groups excluding carboxylic acids is 2. The third-order valence-corrected chi connectivity index (χ3v) is 4.72. The van der Waals surface area contributed by atoms with Gasteiger partial charge in [0.25, 0.3) is 0 Å². The van der Waals surface area contributed by atoms with Crippen molar-refractivity contribution in [2.24, 2.45) is 24.8 Å². The number of aryl methyl sites for hydroxylation is 1. The van der Waals surface area contributed by atoms with E-state index in [4.69, 9.17) is 9.47 Å². The molecule has 128 valence electrons. The van der Waals surface area contributed by atoms with Crippen LogP contribution in [0, 0.1) is 17.8 Å². The number of hydrogen-bond donors (Lipinski definition) is 0. The summed E-state index contributed by atoms with van der Waals surface area (Å²) in [5.74, 6) is 0.461. The predicted octanol–water partition coefficient (Wildman–Crippen LogP) is 3.19. The van der Waals surface area contributed by atoms with Crippen molar-refractivity contribution in [2.75, 3.05) is 6.61 Å². The van der Waals surface area contributed by atoms with E-state index in [1.54, 1.807) is 29.9 Å². The topological polar surface area (TPSA) is 57.5 Å². The van der Waals surface area contributed by atoms with Crippen molar-refractivity contribution >= 4 is 11.9 Å². The maximum Gasteiger partial charge on any atom is 0.355 e. The molecule has 5 heteroatoms. The Morgan fingerprint density at radius 2 is 2.09 bits per heavy atom. The van der Waals surface area contributed by atoms with E-state index in [9.17, 15) is 9.59 Å². The molecule has 1 aromatic rings. The van der Waals surface area contributed by atoms with Gasteiger partial charge in [0, 0.05) is 13.2 Å². The number of aromatic nitrogens is 1. The number of esters is 2. The van der Waals surface area contributed by atoms with Crippen LogP contribution in [0.15, 0.2) is 18.3 Å². The van der Waals surface area contributed by atoms with Crippen molar-refractivity contribution in [3.8, 4) is 0 Å². The van der Waals surface area contributed by atoms with Gasteiger partial charge in [-0.3, -0.25) is 0 Å². The average molecular weight is 321 g/mol. The van der Waals surface area contributed by atoms with Gasteiger partial charge in [0.05, 0.1) is 0 Å². The van der Waals surface area contributed by atoms with Crippen LogP contribution >= 0.6 is 0 Å². The molecular formula is C18H27NO4. The minimum Gasteiger partial charge on any atom is -0.460 e. The van der Waals surface area contributed by atoms with E-state index < -0.39 is 11.9 Å². The maximum absolute atomic E-state index is 12.0. The monoisotopic (exact) mass is 321 g/mol. The van der Waals surface area contributed by atoms with Gasteiger partial charge in [0.15, 0.2) is 6.61 Å². The fourth-order valence-electron chi connectivity index (χ4n) is 3.32. The highest BCUT2D eigenvalue weighted by atomic mass is 16.6. The molecule has 0 spiro atoms. The molecule has 0 radical (unpaired) electrons. The van der Waals surface area contributed by atoms with Crippen LogP contribution in [0.3, 0.4) is 0 Å². The van der Waals surface area contributed by atoms with Gasteiger partial charge in [0.2, 0.25) is 0 Å². The van der Waals surface area contributed by atoms with Gasteiger partial charge >= 0.3 is 11.9 Å². The largest absolute Gasteiger partial charge is 0.460 e. The van der Waals surface area contributed by atoms with Gasteiger partial charge in [-0.2, -0.15) is 0 Å². The molecule has 1 aliphatic carbocycles. The summed E-state index contributed by atoms with van der Waals surface area (Å²) in [7, 11) is 1.76. The molecule has 5 nitrogen and oxygen atoms in total. The van der Waals surface area contributed by atoms with E-state index in [0.717, 1.165) is 12.8 Å². The molecule has 0 N–H and O–H groups in total. The minimum absolute atomic E-state index is 0.0695. The van der Waals surface area contributed by atoms with Crippen molar-refractivity contribution < 1.29 is 19.1 Å². The lowest BCUT2D eigenvalue weighted by molar-refractivity contribution is -0.159. The summed E-state index contributed by atoms with van der Waals surface area (Å²) < 4.78 is 12.3. The highest BCUT2D eigenvalue weighted by molar-refractivity contribution is 5.89. The molecule has 2 rings (SSSR count). The third-order valence-electron chi connectivity index (χ3n) is 4.72. The van der Waals surface area contributed by atoms with Crippen LogP contribution in [-0.2, 0) is 21.3 Å². The van der Waals surface area contributed by atoms with E-state index in [0.29, 0.717) is 23.4 Å². The van der Waals surface area contributed by atoms with Crippen molar-refractivity contribution in [2.45, 2.75) is 46.1 Å². The fourth-order valence-corrected chi connectivity index (χ4v) is 3.32. The first-order chi connectivity index (χ1) is 10.9. The quantitative estimate of drug-likeness (QED) is 0.782. The van der Waals surface area contributed by atoms with Crippen LogP contribution in [0.4, 0.5) is 0 Å². The first-order valence-corrected chi connectivity index (χ1v) is 8.36. The summed E-state index contributed by atoms with van der Waals surface area (Å²) in [6.45, 7) is 6.18. The summed E-state index contributed by atoms with van der Waals surface area (Å²) in [5, 5.41) is 0. The standard InChI is InChI=1S/C18H27NO4/c1-12(2)14-8-7-13(3)10-16(14)23-17(20)11-22-18(21)15-6-5-9-19(15)4/h5-6,9,12-14,16H,7-8,10-11H2,1-4H3/t13-,14-,16+/m1/s1. The summed E-state index contributed by atoms with van der Waals surface area (Å²) in [6.07, 6.45) is 4.84. The van der Waals surface area contributed by atoms with Crippen molar-refractivity contribution in [1.82, 2.24) is 4.57 Å². The molecule has 1 saturated carbocycles. The molecule has 0 unspecified atom stereocenters. The highest BCUT2D eigenvalue weighted by Gasteiger charge is 2.33. The SMILES string of the molecule is CC(C)[C@H]1CC[C@@H](C)C[C@@H]1OC(=O)COC(=O)c1cccn1C. The van der Waals surface area contributed by atoms with Crippen LogP contribution in [0.25, 0.3) is 0 Å². The molecule has 0 aliphatic heterocycles. The average Bonchev–Trinajstić information content (AvgIpc) is 2.90. The van der Waals surface area contributed by atoms with Gasteiger partial charge in [-0.05, 0) is 42.7 Å². The Hall–Kier alpha value is -1.78. The van der Waals surface area contributed by atoms with E-state index >= 15 is 0 Å². The first-order valence-electron chi connectivity index (χ1n) is 8.36. The van der Waals surface area contributed by atoms with E-state index in [1.807, 2.05) is 0 Å². The van der Waals surface area contributed by atoms with Gasteiger partial charge in [-0.25, -0.2) is 9.59 Å². The van der Waals surface area contributed by atoms with Gasteiger partial charge in [0.1, 0.15) is 11.8 Å². The van der Waals surface area contributed by atoms with Crippen molar-refractivity contribution in [3.63, 3.8) is 0 Å². The molecule has 0 aromatic carbocycles. The molecule has 0 saturated heterocycles. The smallest absolute Gasteiger partial charge is 0.355 e. The lowest BCUT2D eigenvalue weighted by Crippen LogP contribution is -2.36. The Morgan fingerprint density at radius 3 is 2.70 bits per heavy atom. The van der Waals surface area contributed by atoms with Crippen LogP contribution in [0.2, 0.25) is 0 Å². The normalized spacial score (nSPS) is 24.5. The number of nitrogens with zero attached hydrogens (tertiary/aromatic N) is 1. The number of rotatable bonds is 5. The van der Waals surface area contributed by atoms with Crippen LogP contribution in [-0.4, -0.2) is 29.2 Å². The van der Waals surface area contributed by atoms with E-state index in [-0.39, 0.29) is 12.7 Å². The molecule has 23 heavy (non-hydrogen) atoms. The van der Waals surface area contributed by atoms with Crippen LogP contribution in [0.5, 0.6) is 0 Å². The molecule has 1 aromatic heterocycles. The van der Waals surface area contributed by atoms with Crippen molar-refractivity contribution in [1.29, 1.82) is 0 Å². The zero-order chi connectivity index (χ0) is 17.0. The molecule has 1 heterocycles. The molecule has 0 amide bonds. The Labute approximate surface area is 138 Å². The summed E-state index contributed by atoms with van der Waals surface area (Å²) in [6, 6.07) is 3.41. The molecule has 1 fully saturated rings. The Bertz CT molecular complexity index is 549. The van der Waals surface area contributed by atoms with Crippen LogP contribution < -0.4 is 0 Å². The van der Waals surface area contributed by atoms with E-state index in [2.05, 4.69) is 20.8 Å². The predicted molar refractivity (Wildman–Crippen MR) is 86.9 cm³/mol. The fraction of sp³-hybridized carbons (Fsp3) is 0.667. The van der Waals surface area contributed by atoms with Gasteiger partial charge in [-0.1, -0.05) is 27.2 Å². The van der Waals surface area contributed by atoms with Crippen LogP contribution in [0.1, 0.15) is 50.5 Å². The molecule has 0 bridgehead atoms. The van der Waals surface area contributed by atoms with E-state index in [1.165, 1.54) is 6.42 Å². The summed E-state index contributed by atoms with van der Waals surface area (Å²) in [4.78, 5) is 23.9. The third kappa shape index (κ3) is 4.60. The maximum atomic E-state index is 12.0. The summed E-state index contributed by atoms with van der Waals surface area (Å²) >= 11 is 0. The molecule has 1 aliphatic rings. The summed E-state index contributed by atoms with van der Waals surface area (Å²) in [5.41, 5.74) is 0.421. The number of carbonyl (C=O) groups is 2. The lowest BCUT2D eigenvalue weighted by Gasteiger charge is -2.36. The number of ether oxygens (including phenoxy) is 2.